The zero-order valence-electron chi connectivity index (χ0n) is 22.5. The molecule has 8 saturated heterocycles. The Bertz CT molecular complexity index is 1110. The Morgan fingerprint density at radius 2 is 0.868 bits per heavy atom. The Labute approximate surface area is 227 Å². The average Bonchev–Trinajstić information content (AvgIpc) is 3.30. The number of fused-ring (bicyclic) bond motifs is 2. The highest BCUT2D eigenvalue weighted by atomic mass is 15.3. The van der Waals surface area contributed by atoms with Crippen LogP contribution in [0.5, 0.6) is 0 Å². The first kappa shape index (κ1) is 23.5. The molecule has 4 unspecified atom stereocenters. The van der Waals surface area contributed by atoms with Gasteiger partial charge in [0, 0.05) is 101 Å². The van der Waals surface area contributed by atoms with Crippen molar-refractivity contribution >= 4 is 11.4 Å². The van der Waals surface area contributed by atoms with Crippen LogP contribution in [0.2, 0.25) is 0 Å². The Morgan fingerprint density at radius 1 is 0.526 bits per heavy atom. The van der Waals surface area contributed by atoms with E-state index in [1.807, 2.05) is 0 Å². The minimum Gasteiger partial charge on any atom is -0.300 e. The van der Waals surface area contributed by atoms with Crippen LogP contribution >= 0.6 is 0 Å². The van der Waals surface area contributed by atoms with E-state index < -0.39 is 0 Å². The molecule has 8 heterocycles. The van der Waals surface area contributed by atoms with Crippen LogP contribution in [0.15, 0.2) is 70.9 Å². The van der Waals surface area contributed by atoms with Crippen LogP contribution in [0.4, 0.5) is 0 Å². The average molecular weight is 509 g/mol. The molecule has 8 aliphatic rings. The van der Waals surface area contributed by atoms with Crippen molar-refractivity contribution in [3.8, 4) is 0 Å². The van der Waals surface area contributed by atoms with Crippen LogP contribution in [-0.4, -0.2) is 110 Å². The number of benzene rings is 2. The van der Waals surface area contributed by atoms with Crippen LogP contribution in [-0.2, 0) is 12.8 Å². The highest BCUT2D eigenvalue weighted by Gasteiger charge is 2.54. The first-order valence-electron chi connectivity index (χ1n) is 14.8. The van der Waals surface area contributed by atoms with Crippen molar-refractivity contribution in [1.29, 1.82) is 0 Å². The van der Waals surface area contributed by atoms with Crippen molar-refractivity contribution in [2.75, 3.05) is 78.5 Å². The van der Waals surface area contributed by atoms with E-state index in [1.54, 1.807) is 0 Å². The Balaban J connectivity index is 1.21. The summed E-state index contributed by atoms with van der Waals surface area (Å²) in [6.07, 6.45) is 2.14. The van der Waals surface area contributed by atoms with Crippen molar-refractivity contribution in [2.45, 2.75) is 12.8 Å². The van der Waals surface area contributed by atoms with Gasteiger partial charge in [-0.25, -0.2) is 0 Å². The Hall–Kier alpha value is -2.38. The lowest BCUT2D eigenvalue weighted by molar-refractivity contribution is 0.115. The van der Waals surface area contributed by atoms with Gasteiger partial charge in [0.2, 0.25) is 0 Å². The van der Waals surface area contributed by atoms with Crippen molar-refractivity contribution in [3.05, 3.63) is 71.8 Å². The standard InChI is InChI=1S/C32H40N6/c1-3-7-25(8-4-1)15-31-21-35-11-12-36(22-31)18-27(17-35)29(31)33-34-30-28-19-37-13-14-38(20-28)24-32(30,23-37)16-26-9-5-2-6-10-26/h1-10,27-28H,11-24H2/b33-29-,34-30+. The molecule has 8 bridgehead atoms. The summed E-state index contributed by atoms with van der Waals surface area (Å²) in [4.78, 5) is 10.9. The third kappa shape index (κ3) is 4.00. The molecule has 6 nitrogen and oxygen atoms in total. The van der Waals surface area contributed by atoms with Gasteiger partial charge in [0.05, 0.1) is 11.4 Å². The fourth-order valence-corrected chi connectivity index (χ4v) is 9.08. The van der Waals surface area contributed by atoms with Gasteiger partial charge in [-0.15, -0.1) is 0 Å². The number of piperidine rings is 4. The van der Waals surface area contributed by atoms with Gasteiger partial charge in [-0.05, 0) is 24.0 Å². The minimum absolute atomic E-state index is 0.0749. The normalized spacial score (nSPS) is 43.1. The Kier molecular flexibility index (Phi) is 5.62. The predicted octanol–water partition coefficient (Wildman–Crippen LogP) is 2.76. The van der Waals surface area contributed by atoms with Gasteiger partial charge in [0.1, 0.15) is 0 Å². The largest absolute Gasteiger partial charge is 0.300 e. The van der Waals surface area contributed by atoms with Crippen molar-refractivity contribution < 1.29 is 0 Å². The molecule has 6 heteroatoms. The van der Waals surface area contributed by atoms with E-state index in [0.717, 1.165) is 65.2 Å². The molecule has 38 heavy (non-hydrogen) atoms. The highest BCUT2D eigenvalue weighted by molar-refractivity contribution is 5.98. The summed E-state index contributed by atoms with van der Waals surface area (Å²) in [5.74, 6) is 1.01. The van der Waals surface area contributed by atoms with Gasteiger partial charge in [-0.2, -0.15) is 10.2 Å². The van der Waals surface area contributed by atoms with Crippen LogP contribution in [0.3, 0.4) is 0 Å². The summed E-state index contributed by atoms with van der Waals surface area (Å²) < 4.78 is 0. The summed E-state index contributed by atoms with van der Waals surface area (Å²) >= 11 is 0. The molecule has 198 valence electrons. The van der Waals surface area contributed by atoms with Crippen LogP contribution in [0.25, 0.3) is 0 Å². The third-order valence-electron chi connectivity index (χ3n) is 10.4. The number of hydrogen-bond acceptors (Lipinski definition) is 6. The molecule has 0 N–H and O–H groups in total. The van der Waals surface area contributed by atoms with Crippen LogP contribution < -0.4 is 0 Å². The molecule has 0 radical (unpaired) electrons. The zero-order valence-corrected chi connectivity index (χ0v) is 22.5. The molecule has 0 spiro atoms. The summed E-state index contributed by atoms with van der Waals surface area (Å²) in [6, 6.07) is 22.3. The third-order valence-corrected chi connectivity index (χ3v) is 10.4. The maximum absolute atomic E-state index is 5.41. The lowest BCUT2D eigenvalue weighted by Gasteiger charge is -2.51. The molecule has 4 atom stereocenters. The molecular weight excluding hydrogens is 468 g/mol. The lowest BCUT2D eigenvalue weighted by Crippen LogP contribution is -2.63. The second kappa shape index (κ2) is 9.09. The van der Waals surface area contributed by atoms with Crippen molar-refractivity contribution in [3.63, 3.8) is 0 Å². The van der Waals surface area contributed by atoms with E-state index in [9.17, 15) is 0 Å². The van der Waals surface area contributed by atoms with Crippen LogP contribution in [0, 0.1) is 22.7 Å². The number of nitrogens with zero attached hydrogens (tertiary/aromatic N) is 6. The second-order valence-electron chi connectivity index (χ2n) is 13.2. The highest BCUT2D eigenvalue weighted by Crippen LogP contribution is 2.43. The lowest BCUT2D eigenvalue weighted by atomic mass is 9.67. The second-order valence-corrected chi connectivity index (χ2v) is 13.2. The fraction of sp³-hybridized carbons (Fsp3) is 0.562. The maximum atomic E-state index is 5.41. The van der Waals surface area contributed by atoms with E-state index in [4.69, 9.17) is 10.2 Å². The van der Waals surface area contributed by atoms with Gasteiger partial charge in [0.25, 0.3) is 0 Å². The van der Waals surface area contributed by atoms with Gasteiger partial charge >= 0.3 is 0 Å². The molecule has 0 amide bonds. The van der Waals surface area contributed by atoms with Crippen molar-refractivity contribution in [2.24, 2.45) is 32.9 Å². The summed E-state index contributed by atoms with van der Waals surface area (Å²) in [6.45, 7) is 13.9. The van der Waals surface area contributed by atoms with Gasteiger partial charge in [-0.1, -0.05) is 60.7 Å². The Morgan fingerprint density at radius 3 is 1.21 bits per heavy atom. The molecular formula is C32H40N6. The zero-order chi connectivity index (χ0) is 25.2. The number of hydrogen-bond donors (Lipinski definition) is 0. The van der Waals surface area contributed by atoms with Gasteiger partial charge in [-0.3, -0.25) is 0 Å². The smallest absolute Gasteiger partial charge is 0.0552 e. The topological polar surface area (TPSA) is 37.7 Å². The van der Waals surface area contributed by atoms with Gasteiger partial charge < -0.3 is 19.6 Å². The molecule has 2 aromatic carbocycles. The van der Waals surface area contributed by atoms with Crippen LogP contribution in [0.1, 0.15) is 11.1 Å². The first-order valence-corrected chi connectivity index (χ1v) is 14.8. The quantitative estimate of drug-likeness (QED) is 0.583. The van der Waals surface area contributed by atoms with E-state index in [1.165, 1.54) is 48.7 Å². The molecule has 2 aromatic rings. The number of rotatable bonds is 5. The fourth-order valence-electron chi connectivity index (χ4n) is 9.08. The summed E-state index contributed by atoms with van der Waals surface area (Å²) in [5.41, 5.74) is 5.83. The van der Waals surface area contributed by atoms with E-state index in [0.29, 0.717) is 11.8 Å². The van der Waals surface area contributed by atoms with E-state index in [-0.39, 0.29) is 10.8 Å². The molecule has 0 aliphatic carbocycles. The molecule has 0 saturated carbocycles. The van der Waals surface area contributed by atoms with Crippen molar-refractivity contribution in [1.82, 2.24) is 19.6 Å². The van der Waals surface area contributed by atoms with Gasteiger partial charge in [0.15, 0.2) is 0 Å². The summed E-state index contributed by atoms with van der Waals surface area (Å²) in [5, 5.41) is 10.8. The SMILES string of the molecule is c1ccc(CC23CN4CCN(CC(C4)/C2=N/N=C2\C4CN5CCN(C4)CC2(Cc2ccccc2)C5)C3)cc1. The van der Waals surface area contributed by atoms with E-state index in [2.05, 4.69) is 80.3 Å². The maximum Gasteiger partial charge on any atom is 0.0552 e. The first-order chi connectivity index (χ1) is 18.7. The minimum atomic E-state index is 0.0749. The molecule has 10 rings (SSSR count). The molecule has 0 aromatic heterocycles. The predicted molar refractivity (Wildman–Crippen MR) is 153 cm³/mol. The summed E-state index contributed by atoms with van der Waals surface area (Å²) in [7, 11) is 0. The van der Waals surface area contributed by atoms with E-state index >= 15 is 0 Å². The molecule has 8 fully saturated rings. The monoisotopic (exact) mass is 508 g/mol. The molecule has 8 aliphatic heterocycles.